The van der Waals surface area contributed by atoms with Crippen LogP contribution in [0.2, 0.25) is 0 Å². The van der Waals surface area contributed by atoms with Crippen molar-refractivity contribution in [1.29, 1.82) is 0 Å². The lowest BCUT2D eigenvalue weighted by Crippen LogP contribution is -2.42. The zero-order chi connectivity index (χ0) is 12.8. The smallest absolute Gasteiger partial charge is 0.0543 e. The summed E-state index contributed by atoms with van der Waals surface area (Å²) in [5.41, 5.74) is 1.15. The van der Waals surface area contributed by atoms with Gasteiger partial charge in [0.25, 0.3) is 0 Å². The van der Waals surface area contributed by atoms with Crippen LogP contribution in [-0.4, -0.2) is 36.6 Å². The third-order valence-corrected chi connectivity index (χ3v) is 4.01. The highest BCUT2D eigenvalue weighted by atomic mass is 15.1. The molecule has 2 rings (SSSR count). The molecule has 0 aliphatic heterocycles. The molecule has 100 valence electrons. The molecule has 1 N–H and O–H groups in total. The topological polar surface area (TPSA) is 28.2 Å². The first-order chi connectivity index (χ1) is 8.79. The summed E-state index contributed by atoms with van der Waals surface area (Å²) in [5.74, 6) is 0.862. The molecule has 1 atom stereocenters. The Hall–Kier alpha value is -0.930. The first-order valence-corrected chi connectivity index (χ1v) is 7.05. The number of aromatic nitrogens is 1. The van der Waals surface area contributed by atoms with Gasteiger partial charge in [-0.25, -0.2) is 0 Å². The number of nitrogens with one attached hydrogen (secondary N) is 1. The van der Waals surface area contributed by atoms with Crippen LogP contribution in [0.1, 0.15) is 31.4 Å². The van der Waals surface area contributed by atoms with Crippen LogP contribution in [-0.2, 0) is 6.54 Å². The number of likely N-dealkylation sites (N-methyl/N-ethyl adjacent to an activating group) is 2. The molecule has 1 aliphatic carbocycles. The van der Waals surface area contributed by atoms with Crippen molar-refractivity contribution in [1.82, 2.24) is 15.2 Å². The normalized spacial score (nSPS) is 18.4. The molecule has 0 aromatic carbocycles. The predicted octanol–water partition coefficient (Wildman–Crippen LogP) is 2.29. The van der Waals surface area contributed by atoms with Crippen molar-refractivity contribution in [2.24, 2.45) is 5.92 Å². The van der Waals surface area contributed by atoms with E-state index in [0.29, 0.717) is 6.04 Å². The van der Waals surface area contributed by atoms with E-state index in [4.69, 9.17) is 0 Å². The highest BCUT2D eigenvalue weighted by Crippen LogP contribution is 2.27. The largest absolute Gasteiger partial charge is 0.315 e. The Kier molecular flexibility index (Phi) is 5.14. The summed E-state index contributed by atoms with van der Waals surface area (Å²) in [6, 6.07) is 6.75. The Balaban J connectivity index is 1.83. The Morgan fingerprint density at radius 2 is 2.17 bits per heavy atom. The number of hydrogen-bond donors (Lipinski definition) is 1. The highest BCUT2D eigenvalue weighted by molar-refractivity contribution is 5.03. The minimum Gasteiger partial charge on any atom is -0.315 e. The lowest BCUT2D eigenvalue weighted by atomic mass is 9.98. The molecule has 0 radical (unpaired) electrons. The van der Waals surface area contributed by atoms with E-state index in [2.05, 4.69) is 41.4 Å². The van der Waals surface area contributed by atoms with E-state index >= 15 is 0 Å². The molecular weight excluding hydrogens is 222 g/mol. The van der Waals surface area contributed by atoms with Crippen molar-refractivity contribution in [3.05, 3.63) is 30.1 Å². The van der Waals surface area contributed by atoms with E-state index in [1.807, 2.05) is 12.3 Å². The summed E-state index contributed by atoms with van der Waals surface area (Å²) >= 11 is 0. The number of pyridine rings is 1. The van der Waals surface area contributed by atoms with Crippen LogP contribution in [0.25, 0.3) is 0 Å². The average Bonchev–Trinajstić information content (AvgIpc) is 2.91. The first-order valence-electron chi connectivity index (χ1n) is 7.05. The zero-order valence-corrected chi connectivity index (χ0v) is 11.6. The van der Waals surface area contributed by atoms with Crippen LogP contribution in [0, 0.1) is 5.92 Å². The van der Waals surface area contributed by atoms with Gasteiger partial charge >= 0.3 is 0 Å². The fourth-order valence-corrected chi connectivity index (χ4v) is 3.00. The molecule has 0 amide bonds. The van der Waals surface area contributed by atoms with Crippen LogP contribution >= 0.6 is 0 Å². The van der Waals surface area contributed by atoms with Gasteiger partial charge < -0.3 is 5.32 Å². The molecule has 1 aromatic heterocycles. The van der Waals surface area contributed by atoms with Gasteiger partial charge in [0.05, 0.1) is 5.69 Å². The fourth-order valence-electron chi connectivity index (χ4n) is 3.00. The third kappa shape index (κ3) is 3.79. The van der Waals surface area contributed by atoms with Crippen molar-refractivity contribution in [3.63, 3.8) is 0 Å². The molecule has 3 heteroatoms. The molecule has 1 aliphatic rings. The van der Waals surface area contributed by atoms with E-state index in [-0.39, 0.29) is 0 Å². The standard InChI is InChI=1S/C15H25N3/c1-16-15(13-7-3-4-8-13)12-18(2)11-14-9-5-6-10-17-14/h5-6,9-10,13,15-16H,3-4,7-8,11-12H2,1-2H3. The second-order valence-corrected chi connectivity index (χ2v) is 5.46. The Labute approximate surface area is 111 Å². The van der Waals surface area contributed by atoms with E-state index in [9.17, 15) is 0 Å². The molecule has 0 saturated heterocycles. The quantitative estimate of drug-likeness (QED) is 0.836. The Morgan fingerprint density at radius 3 is 2.78 bits per heavy atom. The number of hydrogen-bond acceptors (Lipinski definition) is 3. The summed E-state index contributed by atoms with van der Waals surface area (Å²) in [5, 5.41) is 3.50. The van der Waals surface area contributed by atoms with Gasteiger partial charge in [-0.1, -0.05) is 18.9 Å². The maximum Gasteiger partial charge on any atom is 0.0543 e. The van der Waals surface area contributed by atoms with Crippen molar-refractivity contribution in [3.8, 4) is 0 Å². The van der Waals surface area contributed by atoms with Gasteiger partial charge in [-0.2, -0.15) is 0 Å². The molecule has 1 saturated carbocycles. The van der Waals surface area contributed by atoms with Crippen LogP contribution in [0.3, 0.4) is 0 Å². The summed E-state index contributed by atoms with van der Waals surface area (Å²) in [7, 11) is 4.28. The van der Waals surface area contributed by atoms with Gasteiger partial charge in [0.2, 0.25) is 0 Å². The molecule has 0 bridgehead atoms. The molecule has 1 heterocycles. The van der Waals surface area contributed by atoms with Crippen LogP contribution in [0.5, 0.6) is 0 Å². The molecule has 1 fully saturated rings. The minimum atomic E-state index is 0.626. The summed E-state index contributed by atoms with van der Waals surface area (Å²) in [4.78, 5) is 6.76. The SMILES string of the molecule is CNC(CN(C)Cc1ccccn1)C1CCCC1. The molecule has 3 nitrogen and oxygen atoms in total. The summed E-state index contributed by atoms with van der Waals surface area (Å²) in [6.45, 7) is 2.05. The zero-order valence-electron chi connectivity index (χ0n) is 11.6. The monoisotopic (exact) mass is 247 g/mol. The van der Waals surface area contributed by atoms with Crippen molar-refractivity contribution in [2.75, 3.05) is 20.6 Å². The van der Waals surface area contributed by atoms with Gasteiger partial charge in [0.15, 0.2) is 0 Å². The third-order valence-electron chi connectivity index (χ3n) is 4.01. The van der Waals surface area contributed by atoms with E-state index in [0.717, 1.165) is 24.7 Å². The average molecular weight is 247 g/mol. The maximum absolute atomic E-state index is 4.39. The van der Waals surface area contributed by atoms with E-state index in [1.165, 1.54) is 25.7 Å². The first kappa shape index (κ1) is 13.5. The van der Waals surface area contributed by atoms with Gasteiger partial charge in [-0.05, 0) is 45.0 Å². The van der Waals surface area contributed by atoms with E-state index in [1.54, 1.807) is 0 Å². The van der Waals surface area contributed by atoms with Gasteiger partial charge in [-0.15, -0.1) is 0 Å². The molecule has 18 heavy (non-hydrogen) atoms. The fraction of sp³-hybridized carbons (Fsp3) is 0.667. The molecule has 0 spiro atoms. The minimum absolute atomic E-state index is 0.626. The number of nitrogens with zero attached hydrogens (tertiary/aromatic N) is 2. The van der Waals surface area contributed by atoms with Gasteiger partial charge in [-0.3, -0.25) is 9.88 Å². The van der Waals surface area contributed by atoms with Crippen molar-refractivity contribution >= 4 is 0 Å². The molecule has 1 unspecified atom stereocenters. The molecule has 1 aromatic rings. The van der Waals surface area contributed by atoms with Crippen molar-refractivity contribution < 1.29 is 0 Å². The highest BCUT2D eigenvalue weighted by Gasteiger charge is 2.24. The summed E-state index contributed by atoms with van der Waals surface area (Å²) in [6.07, 6.45) is 7.47. The lowest BCUT2D eigenvalue weighted by molar-refractivity contribution is 0.241. The predicted molar refractivity (Wildman–Crippen MR) is 75.4 cm³/mol. The van der Waals surface area contributed by atoms with Crippen LogP contribution < -0.4 is 5.32 Å². The van der Waals surface area contributed by atoms with Crippen LogP contribution in [0.4, 0.5) is 0 Å². The Morgan fingerprint density at radius 1 is 1.39 bits per heavy atom. The number of rotatable bonds is 6. The maximum atomic E-state index is 4.39. The lowest BCUT2D eigenvalue weighted by Gasteiger charge is -2.28. The summed E-state index contributed by atoms with van der Waals surface area (Å²) < 4.78 is 0. The van der Waals surface area contributed by atoms with Crippen LogP contribution in [0.15, 0.2) is 24.4 Å². The van der Waals surface area contributed by atoms with Gasteiger partial charge in [0.1, 0.15) is 0 Å². The Bertz CT molecular complexity index is 333. The van der Waals surface area contributed by atoms with Gasteiger partial charge in [0, 0.05) is 25.3 Å². The second-order valence-electron chi connectivity index (χ2n) is 5.46. The second kappa shape index (κ2) is 6.86. The van der Waals surface area contributed by atoms with E-state index < -0.39 is 0 Å². The molecular formula is C15H25N3. The van der Waals surface area contributed by atoms with Crippen molar-refractivity contribution in [2.45, 2.75) is 38.3 Å².